The van der Waals surface area contributed by atoms with E-state index in [1.807, 2.05) is 13.8 Å². The van der Waals surface area contributed by atoms with Gasteiger partial charge in [0.1, 0.15) is 5.69 Å². The molecule has 3 aromatic rings. The Morgan fingerprint density at radius 1 is 1.13 bits per heavy atom. The molecule has 0 saturated heterocycles. The molecule has 0 fully saturated rings. The highest BCUT2D eigenvalue weighted by molar-refractivity contribution is 5.92. The number of carbonyl (C=O) groups excluding carboxylic acids is 1. The molecular formula is C20H17F2N5O4. The van der Waals surface area contributed by atoms with Crippen LogP contribution in [0.25, 0.3) is 11.6 Å². The Bertz CT molecular complexity index is 1180. The average Bonchev–Trinajstić information content (AvgIpc) is 3.04. The van der Waals surface area contributed by atoms with Crippen molar-refractivity contribution >= 4 is 5.91 Å². The van der Waals surface area contributed by atoms with E-state index in [1.54, 1.807) is 12.1 Å². The standard InChI is InChI=1S/C20H17F2N5O4/c1-10(2)16(11-4-5-13-14(8-11)31-20(21,22)30-13)27-19(29)12-9-15(28)26-18(25-12)17-23-6-3-7-24-17/h3-10,16H,1-2H3,(H,27,29)(H,25,26,28). The van der Waals surface area contributed by atoms with Gasteiger partial charge in [-0.1, -0.05) is 19.9 Å². The summed E-state index contributed by atoms with van der Waals surface area (Å²) in [4.78, 5) is 39.6. The van der Waals surface area contributed by atoms with Gasteiger partial charge >= 0.3 is 6.29 Å². The van der Waals surface area contributed by atoms with Gasteiger partial charge in [0, 0.05) is 18.5 Å². The topological polar surface area (TPSA) is 119 Å². The average molecular weight is 429 g/mol. The van der Waals surface area contributed by atoms with Gasteiger partial charge in [0.05, 0.1) is 6.04 Å². The molecule has 0 saturated carbocycles. The van der Waals surface area contributed by atoms with Crippen LogP contribution in [0.15, 0.2) is 47.5 Å². The molecule has 0 aliphatic carbocycles. The first-order valence-corrected chi connectivity index (χ1v) is 9.31. The van der Waals surface area contributed by atoms with Gasteiger partial charge in [-0.25, -0.2) is 15.0 Å². The van der Waals surface area contributed by atoms with Crippen molar-refractivity contribution in [3.63, 3.8) is 0 Å². The van der Waals surface area contributed by atoms with Crippen LogP contribution in [0.4, 0.5) is 8.78 Å². The third kappa shape index (κ3) is 4.34. The largest absolute Gasteiger partial charge is 0.586 e. The molecule has 0 bridgehead atoms. The van der Waals surface area contributed by atoms with E-state index >= 15 is 0 Å². The number of nitrogens with one attached hydrogen (secondary N) is 2. The number of benzene rings is 1. The molecule has 0 radical (unpaired) electrons. The van der Waals surface area contributed by atoms with E-state index in [-0.39, 0.29) is 34.8 Å². The second-order valence-corrected chi connectivity index (χ2v) is 7.12. The summed E-state index contributed by atoms with van der Waals surface area (Å²) < 4.78 is 35.5. The summed E-state index contributed by atoms with van der Waals surface area (Å²) in [5.41, 5.74) is -0.155. The van der Waals surface area contributed by atoms with Crippen LogP contribution in [-0.4, -0.2) is 32.1 Å². The van der Waals surface area contributed by atoms with Crippen molar-refractivity contribution in [2.24, 2.45) is 5.92 Å². The first kappa shape index (κ1) is 20.4. The van der Waals surface area contributed by atoms with E-state index < -0.39 is 23.8 Å². The lowest BCUT2D eigenvalue weighted by atomic mass is 9.95. The van der Waals surface area contributed by atoms with Crippen LogP contribution in [0.5, 0.6) is 11.5 Å². The molecule has 11 heteroatoms. The van der Waals surface area contributed by atoms with Gasteiger partial charge in [-0.15, -0.1) is 8.78 Å². The number of halogens is 2. The number of nitrogens with zero attached hydrogens (tertiary/aromatic N) is 3. The smallest absolute Gasteiger partial charge is 0.395 e. The third-order valence-corrected chi connectivity index (χ3v) is 4.49. The molecule has 2 N–H and O–H groups in total. The summed E-state index contributed by atoms with van der Waals surface area (Å²) in [6.45, 7) is 3.69. The lowest BCUT2D eigenvalue weighted by Crippen LogP contribution is -2.33. The van der Waals surface area contributed by atoms with Gasteiger partial charge in [-0.2, -0.15) is 0 Å². The van der Waals surface area contributed by atoms with Crippen LogP contribution in [0.2, 0.25) is 0 Å². The van der Waals surface area contributed by atoms with E-state index in [1.165, 1.54) is 24.5 Å². The molecule has 1 aromatic carbocycles. The highest BCUT2D eigenvalue weighted by Gasteiger charge is 2.43. The van der Waals surface area contributed by atoms with Crippen LogP contribution in [0.3, 0.4) is 0 Å². The zero-order valence-electron chi connectivity index (χ0n) is 16.4. The predicted molar refractivity (Wildman–Crippen MR) is 104 cm³/mol. The van der Waals surface area contributed by atoms with E-state index in [0.717, 1.165) is 6.07 Å². The van der Waals surface area contributed by atoms with Gasteiger partial charge in [-0.3, -0.25) is 9.59 Å². The molecule has 1 atom stereocenters. The third-order valence-electron chi connectivity index (χ3n) is 4.49. The van der Waals surface area contributed by atoms with Gasteiger partial charge in [-0.05, 0) is 29.7 Å². The number of fused-ring (bicyclic) bond motifs is 1. The highest BCUT2D eigenvalue weighted by Crippen LogP contribution is 2.42. The van der Waals surface area contributed by atoms with Gasteiger partial charge in [0.15, 0.2) is 23.1 Å². The monoisotopic (exact) mass is 429 g/mol. The molecule has 1 amide bonds. The summed E-state index contributed by atoms with van der Waals surface area (Å²) in [5, 5.41) is 2.79. The Morgan fingerprint density at radius 3 is 2.55 bits per heavy atom. The number of hydrogen-bond donors (Lipinski definition) is 2. The fraction of sp³-hybridized carbons (Fsp3) is 0.250. The minimum Gasteiger partial charge on any atom is -0.395 e. The van der Waals surface area contributed by atoms with Crippen molar-refractivity contribution in [3.05, 3.63) is 64.3 Å². The summed E-state index contributed by atoms with van der Waals surface area (Å²) in [7, 11) is 0. The highest BCUT2D eigenvalue weighted by atomic mass is 19.3. The van der Waals surface area contributed by atoms with Crippen LogP contribution in [0.1, 0.15) is 35.9 Å². The van der Waals surface area contributed by atoms with Gasteiger partial charge in [0.2, 0.25) is 0 Å². The SMILES string of the molecule is CC(C)C(NC(=O)c1cc(=O)[nH]c(-c2ncccn2)n1)c1ccc2c(c1)OC(F)(F)O2. The second-order valence-electron chi connectivity index (χ2n) is 7.12. The van der Waals surface area contributed by atoms with Crippen molar-refractivity contribution in [3.8, 4) is 23.1 Å². The Hall–Kier alpha value is -3.89. The van der Waals surface area contributed by atoms with Crippen LogP contribution in [0, 0.1) is 5.92 Å². The Labute approximate surface area is 174 Å². The number of alkyl halides is 2. The van der Waals surface area contributed by atoms with E-state index in [9.17, 15) is 18.4 Å². The minimum atomic E-state index is -3.73. The first-order valence-electron chi connectivity index (χ1n) is 9.31. The number of H-pyrrole nitrogens is 1. The van der Waals surface area contributed by atoms with Crippen molar-refractivity contribution in [1.29, 1.82) is 0 Å². The second kappa shape index (κ2) is 7.74. The van der Waals surface area contributed by atoms with Crippen molar-refractivity contribution in [2.45, 2.75) is 26.2 Å². The van der Waals surface area contributed by atoms with Crippen molar-refractivity contribution in [1.82, 2.24) is 25.3 Å². The predicted octanol–water partition coefficient (Wildman–Crippen LogP) is 2.68. The maximum absolute atomic E-state index is 13.3. The normalized spacial score (nSPS) is 15.0. The summed E-state index contributed by atoms with van der Waals surface area (Å²) in [5.74, 6) is -0.753. The number of carbonyl (C=O) groups is 1. The fourth-order valence-electron chi connectivity index (χ4n) is 3.11. The van der Waals surface area contributed by atoms with Crippen molar-refractivity contribution < 1.29 is 23.0 Å². The Kier molecular flexibility index (Phi) is 5.09. The lowest BCUT2D eigenvalue weighted by Gasteiger charge is -2.23. The maximum Gasteiger partial charge on any atom is 0.586 e. The molecule has 2 aromatic heterocycles. The molecule has 3 heterocycles. The fourth-order valence-corrected chi connectivity index (χ4v) is 3.11. The van der Waals surface area contributed by atoms with Crippen molar-refractivity contribution in [2.75, 3.05) is 0 Å². The molecular weight excluding hydrogens is 412 g/mol. The quantitative estimate of drug-likeness (QED) is 0.640. The molecule has 31 heavy (non-hydrogen) atoms. The number of hydrogen-bond acceptors (Lipinski definition) is 7. The van der Waals surface area contributed by atoms with Crippen LogP contribution in [-0.2, 0) is 0 Å². The number of amides is 1. The lowest BCUT2D eigenvalue weighted by molar-refractivity contribution is -0.286. The van der Waals surface area contributed by atoms with Crippen LogP contribution < -0.4 is 20.3 Å². The number of aromatic nitrogens is 4. The van der Waals surface area contributed by atoms with Gasteiger partial charge in [0.25, 0.3) is 11.5 Å². The first-order chi connectivity index (χ1) is 14.7. The zero-order chi connectivity index (χ0) is 22.2. The molecule has 1 aliphatic rings. The van der Waals surface area contributed by atoms with Crippen LogP contribution >= 0.6 is 0 Å². The molecule has 1 unspecified atom stereocenters. The molecule has 9 nitrogen and oxygen atoms in total. The minimum absolute atomic E-state index is 0.0460. The molecule has 1 aliphatic heterocycles. The Balaban J connectivity index is 1.61. The molecule has 0 spiro atoms. The van der Waals surface area contributed by atoms with Gasteiger partial charge < -0.3 is 19.8 Å². The van der Waals surface area contributed by atoms with E-state index in [0.29, 0.717) is 5.56 Å². The Morgan fingerprint density at radius 2 is 1.84 bits per heavy atom. The molecule has 160 valence electrons. The molecule has 4 rings (SSSR count). The maximum atomic E-state index is 13.3. The number of rotatable bonds is 5. The zero-order valence-corrected chi connectivity index (χ0v) is 16.4. The summed E-state index contributed by atoms with van der Waals surface area (Å²) >= 11 is 0. The van der Waals surface area contributed by atoms with E-state index in [4.69, 9.17) is 0 Å². The summed E-state index contributed by atoms with van der Waals surface area (Å²) in [6, 6.07) is 6.38. The number of ether oxygens (including phenoxy) is 2. The summed E-state index contributed by atoms with van der Waals surface area (Å²) in [6.07, 6.45) is -0.775. The number of aromatic amines is 1. The van der Waals surface area contributed by atoms with E-state index in [2.05, 4.69) is 34.7 Å².